The van der Waals surface area contributed by atoms with Crippen LogP contribution in [0.2, 0.25) is 0 Å². The van der Waals surface area contributed by atoms with Gasteiger partial charge in [-0.25, -0.2) is 0 Å². The van der Waals surface area contributed by atoms with Crippen LogP contribution in [0.3, 0.4) is 0 Å². The molecule has 1 saturated heterocycles. The highest BCUT2D eigenvalue weighted by Gasteiger charge is 2.40. The van der Waals surface area contributed by atoms with Crippen LogP contribution >= 0.6 is 0 Å². The van der Waals surface area contributed by atoms with Crippen molar-refractivity contribution in [2.45, 2.75) is 122 Å². The van der Waals surface area contributed by atoms with Gasteiger partial charge >= 0.3 is 0 Å². The molecule has 1 radical (unpaired) electrons. The Morgan fingerprint density at radius 2 is 1.18 bits per heavy atom. The molecule has 2 nitrogen and oxygen atoms in total. The van der Waals surface area contributed by atoms with E-state index >= 15 is 0 Å². The Bertz CT molecular complexity index is 262. The van der Waals surface area contributed by atoms with Crippen LogP contribution in [-0.4, -0.2) is 18.0 Å². The van der Waals surface area contributed by atoms with E-state index in [9.17, 15) is 0 Å². The Kier molecular flexibility index (Phi) is 10.4. The Hall–Kier alpha value is -0.0800. The molecule has 0 bridgehead atoms. The molecule has 0 spiro atoms. The van der Waals surface area contributed by atoms with E-state index in [1.165, 1.54) is 70.6 Å². The quantitative estimate of drug-likeness (QED) is 0.365. The van der Waals surface area contributed by atoms with Crippen molar-refractivity contribution < 1.29 is 9.47 Å². The van der Waals surface area contributed by atoms with Gasteiger partial charge in [0.05, 0.1) is 12.2 Å². The molecule has 0 aromatic heterocycles. The third kappa shape index (κ3) is 8.53. The topological polar surface area (TPSA) is 18.5 Å². The van der Waals surface area contributed by atoms with E-state index in [2.05, 4.69) is 27.7 Å². The van der Waals surface area contributed by atoms with Gasteiger partial charge in [-0.1, -0.05) is 84.5 Å². The third-order valence-corrected chi connectivity index (χ3v) is 4.62. The van der Waals surface area contributed by atoms with Gasteiger partial charge in [-0.15, -0.1) is 0 Å². The summed E-state index contributed by atoms with van der Waals surface area (Å²) in [7, 11) is 0. The first-order valence-corrected chi connectivity index (χ1v) is 9.74. The molecule has 0 aromatic rings. The van der Waals surface area contributed by atoms with Crippen molar-refractivity contribution in [2.24, 2.45) is 0 Å². The first kappa shape index (κ1) is 20.0. The molecule has 0 saturated carbocycles. The Labute approximate surface area is 139 Å². The highest BCUT2D eigenvalue weighted by molar-refractivity contribution is 4.81. The molecule has 1 aliphatic rings. The number of ether oxygens (including phenoxy) is 2. The molecule has 0 aliphatic carbocycles. The second-order valence-electron chi connectivity index (χ2n) is 7.33. The smallest absolute Gasteiger partial charge is 0.163 e. The number of hydrogen-bond acceptors (Lipinski definition) is 2. The molecule has 2 heteroatoms. The fraction of sp³-hybridized carbons (Fsp3) is 0.950. The maximum Gasteiger partial charge on any atom is 0.163 e. The van der Waals surface area contributed by atoms with Gasteiger partial charge in [0.1, 0.15) is 0 Å². The van der Waals surface area contributed by atoms with E-state index in [0.717, 1.165) is 12.8 Å². The second kappa shape index (κ2) is 11.5. The molecule has 1 aliphatic heterocycles. The van der Waals surface area contributed by atoms with Gasteiger partial charge in [-0.3, -0.25) is 0 Å². The minimum Gasteiger partial charge on any atom is -0.345 e. The van der Waals surface area contributed by atoms with Gasteiger partial charge in [-0.2, -0.15) is 0 Å². The van der Waals surface area contributed by atoms with Gasteiger partial charge < -0.3 is 9.47 Å². The fourth-order valence-corrected chi connectivity index (χ4v) is 3.40. The monoisotopic (exact) mass is 311 g/mol. The molecular weight excluding hydrogens is 272 g/mol. The predicted octanol–water partition coefficient (Wildman–Crippen LogP) is 6.43. The summed E-state index contributed by atoms with van der Waals surface area (Å²) in [6.45, 7) is 10.3. The zero-order valence-electron chi connectivity index (χ0n) is 15.4. The second-order valence-corrected chi connectivity index (χ2v) is 7.33. The maximum absolute atomic E-state index is 6.14. The van der Waals surface area contributed by atoms with Crippen LogP contribution < -0.4 is 0 Å². The van der Waals surface area contributed by atoms with E-state index in [0.29, 0.717) is 12.2 Å². The van der Waals surface area contributed by atoms with Crippen molar-refractivity contribution in [1.82, 2.24) is 0 Å². The van der Waals surface area contributed by atoms with Gasteiger partial charge in [0, 0.05) is 0 Å². The lowest BCUT2D eigenvalue weighted by molar-refractivity contribution is -0.147. The fourth-order valence-electron chi connectivity index (χ4n) is 3.40. The van der Waals surface area contributed by atoms with Crippen LogP contribution in [0, 0.1) is 6.92 Å². The molecule has 1 heterocycles. The van der Waals surface area contributed by atoms with Crippen molar-refractivity contribution in [3.63, 3.8) is 0 Å². The van der Waals surface area contributed by atoms with Gasteiger partial charge in [0.15, 0.2) is 5.79 Å². The summed E-state index contributed by atoms with van der Waals surface area (Å²) in [6, 6.07) is 0. The molecule has 2 unspecified atom stereocenters. The van der Waals surface area contributed by atoms with Gasteiger partial charge in [-0.05, 0) is 26.7 Å². The van der Waals surface area contributed by atoms with E-state index < -0.39 is 0 Å². The zero-order chi connectivity index (χ0) is 16.3. The Balaban J connectivity index is 2.19. The largest absolute Gasteiger partial charge is 0.345 e. The summed E-state index contributed by atoms with van der Waals surface area (Å²) >= 11 is 0. The van der Waals surface area contributed by atoms with E-state index in [4.69, 9.17) is 9.47 Å². The SMILES string of the molecule is [CH2]CCCCCCC1OC(C)(C)OC1CCCCCCCC. The van der Waals surface area contributed by atoms with Crippen molar-refractivity contribution >= 4 is 0 Å². The normalized spacial score (nSPS) is 24.0. The van der Waals surface area contributed by atoms with Crippen LogP contribution in [0.4, 0.5) is 0 Å². The maximum atomic E-state index is 6.14. The zero-order valence-corrected chi connectivity index (χ0v) is 15.4. The molecule has 131 valence electrons. The van der Waals surface area contributed by atoms with Gasteiger partial charge in [0.2, 0.25) is 0 Å². The Morgan fingerprint density at radius 3 is 1.68 bits per heavy atom. The van der Waals surface area contributed by atoms with Crippen molar-refractivity contribution in [3.05, 3.63) is 6.92 Å². The summed E-state index contributed by atoms with van der Waals surface area (Å²) in [6.07, 6.45) is 17.2. The number of rotatable bonds is 13. The lowest BCUT2D eigenvalue weighted by atomic mass is 10.00. The average Bonchev–Trinajstić information content (AvgIpc) is 2.77. The average molecular weight is 312 g/mol. The highest BCUT2D eigenvalue weighted by atomic mass is 16.7. The molecule has 2 atom stereocenters. The Morgan fingerprint density at radius 1 is 0.727 bits per heavy atom. The summed E-state index contributed by atoms with van der Waals surface area (Å²) < 4.78 is 12.3. The number of unbranched alkanes of at least 4 members (excludes halogenated alkanes) is 9. The first-order valence-electron chi connectivity index (χ1n) is 9.74. The molecule has 22 heavy (non-hydrogen) atoms. The third-order valence-electron chi connectivity index (χ3n) is 4.62. The minimum atomic E-state index is -0.384. The van der Waals surface area contributed by atoms with Crippen molar-refractivity contribution in [2.75, 3.05) is 0 Å². The van der Waals surface area contributed by atoms with Crippen LogP contribution in [0.15, 0.2) is 0 Å². The summed E-state index contributed by atoms with van der Waals surface area (Å²) in [4.78, 5) is 0. The van der Waals surface area contributed by atoms with Gasteiger partial charge in [0.25, 0.3) is 0 Å². The molecule has 0 amide bonds. The lowest BCUT2D eigenvalue weighted by Crippen LogP contribution is -2.22. The summed E-state index contributed by atoms with van der Waals surface area (Å²) in [5, 5.41) is 0. The molecule has 1 fully saturated rings. The molecule has 1 rings (SSSR count). The minimum absolute atomic E-state index is 0.311. The van der Waals surface area contributed by atoms with E-state index in [-0.39, 0.29) is 5.79 Å². The summed E-state index contributed by atoms with van der Waals surface area (Å²) in [5.74, 6) is -0.384. The lowest BCUT2D eigenvalue weighted by Gasteiger charge is -2.16. The standard InChI is InChI=1S/C20H39O2/c1-5-7-9-11-13-15-17-19-18(21-20(3,4)22-19)16-14-12-10-8-6-2/h18-19H,2,5-17H2,1,3-4H3. The van der Waals surface area contributed by atoms with Crippen molar-refractivity contribution in [1.29, 1.82) is 0 Å². The molecule has 0 aromatic carbocycles. The van der Waals surface area contributed by atoms with E-state index in [1.54, 1.807) is 0 Å². The van der Waals surface area contributed by atoms with Crippen LogP contribution in [0.5, 0.6) is 0 Å². The number of hydrogen-bond donors (Lipinski definition) is 0. The van der Waals surface area contributed by atoms with Crippen molar-refractivity contribution in [3.8, 4) is 0 Å². The highest BCUT2D eigenvalue weighted by Crippen LogP contribution is 2.33. The molecule has 0 N–H and O–H groups in total. The predicted molar refractivity (Wildman–Crippen MR) is 94.9 cm³/mol. The van der Waals surface area contributed by atoms with E-state index in [1.807, 2.05) is 0 Å². The molecular formula is C20H39O2. The van der Waals surface area contributed by atoms with Crippen LogP contribution in [0.1, 0.15) is 104 Å². The first-order chi connectivity index (χ1) is 10.6. The van der Waals surface area contributed by atoms with Crippen LogP contribution in [-0.2, 0) is 9.47 Å². The summed E-state index contributed by atoms with van der Waals surface area (Å²) in [5.41, 5.74) is 0. The van der Waals surface area contributed by atoms with Crippen LogP contribution in [0.25, 0.3) is 0 Å².